The number of hydrogen-bond acceptors (Lipinski definition) is 2. The van der Waals surface area contributed by atoms with Crippen LogP contribution in [0.25, 0.3) is 0 Å². The Morgan fingerprint density at radius 1 is 1.08 bits per heavy atom. The third kappa shape index (κ3) is 3.11. The van der Waals surface area contributed by atoms with Crippen LogP contribution in [0.4, 0.5) is 0 Å². The summed E-state index contributed by atoms with van der Waals surface area (Å²) >= 11 is 0. The maximum Gasteiger partial charge on any atom is 0.146 e. The summed E-state index contributed by atoms with van der Waals surface area (Å²) in [6.45, 7) is 5.06. The van der Waals surface area contributed by atoms with Gasteiger partial charge in [-0.05, 0) is 31.1 Å². The molecule has 12 heavy (non-hydrogen) atoms. The lowest BCUT2D eigenvalue weighted by atomic mass is 9.82. The fourth-order valence-electron chi connectivity index (χ4n) is 2.17. The monoisotopic (exact) mass is 172 g/mol. The molecule has 1 fully saturated rings. The molecule has 72 valence electrons. The van der Waals surface area contributed by atoms with E-state index < -0.39 is 0 Å². The van der Waals surface area contributed by atoms with Gasteiger partial charge in [-0.15, -0.1) is 0 Å². The first-order valence-electron chi connectivity index (χ1n) is 4.83. The molecule has 0 N–H and O–H groups in total. The second-order valence-electron chi connectivity index (χ2n) is 4.11. The summed E-state index contributed by atoms with van der Waals surface area (Å²) in [6, 6.07) is 0. The smallest absolute Gasteiger partial charge is 0.146 e. The molecule has 0 heterocycles. The van der Waals surface area contributed by atoms with Crippen LogP contribution in [0, 0.1) is 11.8 Å². The Hall–Kier alpha value is -0.0800. The van der Waals surface area contributed by atoms with Gasteiger partial charge in [0.2, 0.25) is 0 Å². The predicted molar refractivity (Wildman–Crippen MR) is 48.9 cm³/mol. The van der Waals surface area contributed by atoms with Crippen molar-refractivity contribution in [1.29, 1.82) is 0 Å². The van der Waals surface area contributed by atoms with Gasteiger partial charge >= 0.3 is 0 Å². The van der Waals surface area contributed by atoms with E-state index in [4.69, 9.17) is 9.47 Å². The van der Waals surface area contributed by atoms with Crippen LogP contribution in [-0.4, -0.2) is 20.0 Å². The molecule has 2 heteroatoms. The third-order valence-corrected chi connectivity index (χ3v) is 2.56. The lowest BCUT2D eigenvalue weighted by Crippen LogP contribution is -2.26. The van der Waals surface area contributed by atoms with E-state index >= 15 is 0 Å². The normalized spacial score (nSPS) is 36.8. The molecule has 0 spiro atoms. The van der Waals surface area contributed by atoms with Gasteiger partial charge in [0.25, 0.3) is 0 Å². The molecule has 2 atom stereocenters. The zero-order valence-electron chi connectivity index (χ0n) is 8.38. The quantitative estimate of drug-likeness (QED) is 0.609. The Balaban J connectivity index is 2.24. The van der Waals surface area contributed by atoms with Crippen LogP contribution < -0.4 is 0 Å². The largest absolute Gasteiger partial charge is 0.359 e. The fraction of sp³-hybridized carbons (Fsp3) is 1.00. The number of ether oxygens (including phenoxy) is 2. The summed E-state index contributed by atoms with van der Waals surface area (Å²) < 4.78 is 10.4. The topological polar surface area (TPSA) is 18.5 Å². The zero-order chi connectivity index (χ0) is 8.97. The highest BCUT2D eigenvalue weighted by molar-refractivity contribution is 4.74. The molecule has 0 saturated heterocycles. The average Bonchev–Trinajstić information content (AvgIpc) is 1.99. The first kappa shape index (κ1) is 10.0. The van der Waals surface area contributed by atoms with Crippen molar-refractivity contribution in [2.24, 2.45) is 11.8 Å². The Labute approximate surface area is 75.2 Å². The highest BCUT2D eigenvalue weighted by Crippen LogP contribution is 2.30. The van der Waals surface area contributed by atoms with Crippen LogP contribution in [0.15, 0.2) is 0 Å². The van der Waals surface area contributed by atoms with Gasteiger partial charge in [0.15, 0.2) is 0 Å². The standard InChI is InChI=1S/C10H20O2/c1-8-4-9(2)6-10(5-8)12-7-11-3/h8-10H,4-7H2,1-3H3. The molecule has 1 rings (SSSR count). The zero-order valence-corrected chi connectivity index (χ0v) is 8.38. The van der Waals surface area contributed by atoms with E-state index in [1.54, 1.807) is 7.11 Å². The second-order valence-corrected chi connectivity index (χ2v) is 4.11. The molecule has 1 saturated carbocycles. The SMILES string of the molecule is COCOC1CC(C)CC(C)C1. The van der Waals surface area contributed by atoms with Crippen molar-refractivity contribution >= 4 is 0 Å². The molecule has 0 aromatic carbocycles. The minimum Gasteiger partial charge on any atom is -0.359 e. The average molecular weight is 172 g/mol. The number of hydrogen-bond donors (Lipinski definition) is 0. The summed E-state index contributed by atoms with van der Waals surface area (Å²) in [5.41, 5.74) is 0. The van der Waals surface area contributed by atoms with E-state index in [0.29, 0.717) is 12.9 Å². The first-order chi connectivity index (χ1) is 5.72. The van der Waals surface area contributed by atoms with Crippen LogP contribution >= 0.6 is 0 Å². The minimum atomic E-state index is 0.434. The summed E-state index contributed by atoms with van der Waals surface area (Å²) in [5.74, 6) is 1.63. The van der Waals surface area contributed by atoms with E-state index in [-0.39, 0.29) is 0 Å². The van der Waals surface area contributed by atoms with Crippen molar-refractivity contribution in [3.8, 4) is 0 Å². The number of methoxy groups -OCH3 is 1. The van der Waals surface area contributed by atoms with Crippen LogP contribution in [0.3, 0.4) is 0 Å². The lowest BCUT2D eigenvalue weighted by Gasteiger charge is -2.30. The van der Waals surface area contributed by atoms with E-state index in [1.165, 1.54) is 19.3 Å². The Kier molecular flexibility index (Phi) is 4.02. The Morgan fingerprint density at radius 3 is 2.17 bits per heavy atom. The van der Waals surface area contributed by atoms with Gasteiger partial charge in [0.05, 0.1) is 6.10 Å². The summed E-state index contributed by atoms with van der Waals surface area (Å²) in [5, 5.41) is 0. The molecule has 1 aliphatic rings. The second kappa shape index (κ2) is 4.83. The van der Waals surface area contributed by atoms with Crippen molar-refractivity contribution in [2.45, 2.75) is 39.2 Å². The Morgan fingerprint density at radius 2 is 1.67 bits per heavy atom. The van der Waals surface area contributed by atoms with E-state index in [2.05, 4.69) is 13.8 Å². The van der Waals surface area contributed by atoms with Crippen LogP contribution in [-0.2, 0) is 9.47 Å². The van der Waals surface area contributed by atoms with Crippen molar-refractivity contribution in [2.75, 3.05) is 13.9 Å². The van der Waals surface area contributed by atoms with Gasteiger partial charge in [-0.25, -0.2) is 0 Å². The highest BCUT2D eigenvalue weighted by Gasteiger charge is 2.23. The first-order valence-corrected chi connectivity index (χ1v) is 4.83. The summed E-state index contributed by atoms with van der Waals surface area (Å²) in [4.78, 5) is 0. The van der Waals surface area contributed by atoms with E-state index in [1.807, 2.05) is 0 Å². The van der Waals surface area contributed by atoms with Gasteiger partial charge < -0.3 is 9.47 Å². The van der Waals surface area contributed by atoms with Gasteiger partial charge in [0.1, 0.15) is 6.79 Å². The van der Waals surface area contributed by atoms with Crippen molar-refractivity contribution in [3.63, 3.8) is 0 Å². The molecule has 2 nitrogen and oxygen atoms in total. The van der Waals surface area contributed by atoms with E-state index in [0.717, 1.165) is 11.8 Å². The highest BCUT2D eigenvalue weighted by atomic mass is 16.7. The minimum absolute atomic E-state index is 0.434. The van der Waals surface area contributed by atoms with Gasteiger partial charge in [-0.3, -0.25) is 0 Å². The summed E-state index contributed by atoms with van der Waals surface area (Å²) in [6.07, 6.45) is 4.19. The third-order valence-electron chi connectivity index (χ3n) is 2.56. The molecule has 1 aliphatic carbocycles. The van der Waals surface area contributed by atoms with Crippen LogP contribution in [0.2, 0.25) is 0 Å². The lowest BCUT2D eigenvalue weighted by molar-refractivity contribution is -0.0934. The molecule has 0 amide bonds. The number of rotatable bonds is 3. The summed E-state index contributed by atoms with van der Waals surface area (Å²) in [7, 11) is 1.68. The molecule has 2 unspecified atom stereocenters. The maximum atomic E-state index is 5.55. The molecule has 0 bridgehead atoms. The predicted octanol–water partition coefficient (Wildman–Crippen LogP) is 2.43. The van der Waals surface area contributed by atoms with Crippen molar-refractivity contribution in [1.82, 2.24) is 0 Å². The van der Waals surface area contributed by atoms with Crippen molar-refractivity contribution in [3.05, 3.63) is 0 Å². The molecule has 0 aromatic heterocycles. The van der Waals surface area contributed by atoms with Crippen LogP contribution in [0.5, 0.6) is 0 Å². The molecular formula is C10H20O2. The molecule has 0 aliphatic heterocycles. The van der Waals surface area contributed by atoms with Crippen molar-refractivity contribution < 1.29 is 9.47 Å². The molecule has 0 aromatic rings. The fourth-order valence-corrected chi connectivity index (χ4v) is 2.17. The Bertz CT molecular complexity index is 115. The molecular weight excluding hydrogens is 152 g/mol. The van der Waals surface area contributed by atoms with Gasteiger partial charge in [-0.2, -0.15) is 0 Å². The van der Waals surface area contributed by atoms with E-state index in [9.17, 15) is 0 Å². The van der Waals surface area contributed by atoms with Gasteiger partial charge in [0, 0.05) is 7.11 Å². The maximum absolute atomic E-state index is 5.55. The molecule has 0 radical (unpaired) electrons. The van der Waals surface area contributed by atoms with Crippen LogP contribution in [0.1, 0.15) is 33.1 Å². The van der Waals surface area contributed by atoms with Gasteiger partial charge in [-0.1, -0.05) is 13.8 Å².